The van der Waals surface area contributed by atoms with Crippen molar-refractivity contribution in [1.29, 1.82) is 0 Å². The molecule has 0 saturated carbocycles. The molecule has 0 atom stereocenters. The molecular formula is C66H58N4. The lowest BCUT2D eigenvalue weighted by molar-refractivity contribution is 0.866. The van der Waals surface area contributed by atoms with E-state index >= 15 is 0 Å². The molecule has 0 aliphatic carbocycles. The van der Waals surface area contributed by atoms with Crippen molar-refractivity contribution in [1.82, 2.24) is 8.80 Å². The lowest BCUT2D eigenvalue weighted by Crippen LogP contribution is -2.10. The SMILES string of the molecule is CC(C)c1ccc(N(c2ccccc2)c2ccc3c4cc5c(cc4n4c6cccc(C(C)C)c6c2c34)c2ccc(N(c3ccccc3)c3ccc(C(C)C)cc3)c3c4c(C(C)C)cccc4n5c23)cc1. The molecule has 0 amide bonds. The van der Waals surface area contributed by atoms with Crippen molar-refractivity contribution in [3.05, 3.63) is 204 Å². The third kappa shape index (κ3) is 6.08. The summed E-state index contributed by atoms with van der Waals surface area (Å²) in [5, 5.41) is 10.4. The Morgan fingerprint density at radius 3 is 1.03 bits per heavy atom. The molecule has 13 rings (SSSR count). The number of fused-ring (bicyclic) bond motifs is 12. The maximum atomic E-state index is 2.60. The minimum Gasteiger partial charge on any atom is -0.310 e. The highest BCUT2D eigenvalue weighted by atomic mass is 15.2. The Morgan fingerprint density at radius 2 is 0.671 bits per heavy atom. The Bertz CT molecular complexity index is 3830. The molecule has 0 bridgehead atoms. The van der Waals surface area contributed by atoms with Gasteiger partial charge in [-0.15, -0.1) is 0 Å². The molecule has 0 spiro atoms. The summed E-state index contributed by atoms with van der Waals surface area (Å²) in [4.78, 5) is 4.96. The average Bonchev–Trinajstić information content (AvgIpc) is 4.11. The predicted molar refractivity (Wildman–Crippen MR) is 301 cm³/mol. The maximum Gasteiger partial charge on any atom is 0.0641 e. The van der Waals surface area contributed by atoms with Crippen LogP contribution in [0.3, 0.4) is 0 Å². The van der Waals surface area contributed by atoms with E-state index in [0.717, 1.165) is 22.7 Å². The van der Waals surface area contributed by atoms with Crippen molar-refractivity contribution in [3.63, 3.8) is 0 Å². The van der Waals surface area contributed by atoms with Gasteiger partial charge in [0, 0.05) is 65.8 Å². The average molecular weight is 907 g/mol. The van der Waals surface area contributed by atoms with E-state index in [-0.39, 0.29) is 0 Å². The zero-order valence-electron chi connectivity index (χ0n) is 41.4. The summed E-state index contributed by atoms with van der Waals surface area (Å²) in [6.45, 7) is 18.4. The Hall–Kier alpha value is -7.82. The summed E-state index contributed by atoms with van der Waals surface area (Å²) in [5.41, 5.74) is 20.0. The molecule has 0 aliphatic heterocycles. The zero-order valence-corrected chi connectivity index (χ0v) is 41.4. The van der Waals surface area contributed by atoms with Crippen LogP contribution in [0.15, 0.2) is 182 Å². The second-order valence-electron chi connectivity index (χ2n) is 20.9. The van der Waals surface area contributed by atoms with E-state index in [1.165, 1.54) is 110 Å². The Morgan fingerprint density at radius 1 is 0.300 bits per heavy atom. The van der Waals surface area contributed by atoms with Crippen LogP contribution in [0.4, 0.5) is 34.1 Å². The van der Waals surface area contributed by atoms with Gasteiger partial charge < -0.3 is 18.6 Å². The number of benzene rings is 9. The van der Waals surface area contributed by atoms with E-state index in [2.05, 4.69) is 256 Å². The maximum absolute atomic E-state index is 2.60. The van der Waals surface area contributed by atoms with Crippen LogP contribution < -0.4 is 9.80 Å². The molecule has 9 aromatic carbocycles. The van der Waals surface area contributed by atoms with E-state index in [9.17, 15) is 0 Å². The first-order chi connectivity index (χ1) is 34.1. The summed E-state index contributed by atoms with van der Waals surface area (Å²) >= 11 is 0. The number of hydrogen-bond acceptors (Lipinski definition) is 2. The zero-order chi connectivity index (χ0) is 47.7. The minimum atomic E-state index is 0.332. The van der Waals surface area contributed by atoms with Crippen molar-refractivity contribution < 1.29 is 0 Å². The van der Waals surface area contributed by atoms with Crippen molar-refractivity contribution in [2.45, 2.75) is 79.1 Å². The lowest BCUT2D eigenvalue weighted by Gasteiger charge is -2.27. The van der Waals surface area contributed by atoms with Crippen LogP contribution in [0.2, 0.25) is 0 Å². The fourth-order valence-corrected chi connectivity index (χ4v) is 12.1. The van der Waals surface area contributed by atoms with Crippen molar-refractivity contribution in [2.75, 3.05) is 9.80 Å². The lowest BCUT2D eigenvalue weighted by atomic mass is 9.94. The van der Waals surface area contributed by atoms with Crippen LogP contribution in [0.25, 0.3) is 76.2 Å². The number of para-hydroxylation sites is 2. The van der Waals surface area contributed by atoms with Crippen molar-refractivity contribution >= 4 is 110 Å². The molecular weight excluding hydrogens is 849 g/mol. The number of nitrogens with zero attached hydrogens (tertiary/aromatic N) is 4. The molecule has 13 aromatic rings. The van der Waals surface area contributed by atoms with Crippen LogP contribution in [-0.4, -0.2) is 8.80 Å². The quantitative estimate of drug-likeness (QED) is 0.136. The molecule has 0 aliphatic rings. The summed E-state index contributed by atoms with van der Waals surface area (Å²) in [6, 6.07) is 68.9. The fraction of sp³-hybridized carbons (Fsp3) is 0.182. The first-order valence-electron chi connectivity index (χ1n) is 25.4. The molecule has 4 heterocycles. The van der Waals surface area contributed by atoms with Crippen molar-refractivity contribution in [3.8, 4) is 0 Å². The number of aromatic nitrogens is 2. The predicted octanol–water partition coefficient (Wildman–Crippen LogP) is 19.4. The highest BCUT2D eigenvalue weighted by Gasteiger charge is 2.30. The van der Waals surface area contributed by atoms with Gasteiger partial charge in [-0.1, -0.05) is 152 Å². The van der Waals surface area contributed by atoms with Crippen LogP contribution >= 0.6 is 0 Å². The molecule has 0 N–H and O–H groups in total. The molecule has 4 heteroatoms. The second kappa shape index (κ2) is 15.9. The van der Waals surface area contributed by atoms with Gasteiger partial charge in [0.15, 0.2) is 0 Å². The van der Waals surface area contributed by atoms with Crippen LogP contribution in [0.1, 0.15) is 101 Å². The van der Waals surface area contributed by atoms with E-state index in [1.54, 1.807) is 0 Å². The molecule has 0 fully saturated rings. The van der Waals surface area contributed by atoms with Gasteiger partial charge in [-0.2, -0.15) is 0 Å². The number of rotatable bonds is 10. The summed E-state index contributed by atoms with van der Waals surface area (Å²) in [5.74, 6) is 1.57. The van der Waals surface area contributed by atoms with Gasteiger partial charge in [-0.25, -0.2) is 0 Å². The molecule has 0 unspecified atom stereocenters. The summed E-state index contributed by atoms with van der Waals surface area (Å²) in [7, 11) is 0. The summed E-state index contributed by atoms with van der Waals surface area (Å²) in [6.07, 6.45) is 0. The van der Waals surface area contributed by atoms with Gasteiger partial charge in [0.1, 0.15) is 0 Å². The normalized spacial score (nSPS) is 12.5. The highest BCUT2D eigenvalue weighted by Crippen LogP contribution is 2.53. The third-order valence-electron chi connectivity index (χ3n) is 15.5. The smallest absolute Gasteiger partial charge is 0.0641 e. The molecule has 4 aromatic heterocycles. The van der Waals surface area contributed by atoms with E-state index < -0.39 is 0 Å². The largest absolute Gasteiger partial charge is 0.310 e. The standard InChI is InChI=1S/C66H58N4/c1-39(2)43-25-29-47(30-26-43)67(45-17-11-9-12-18-45)57-35-33-51-53-37-60-54(38-59(53)69-55-23-15-21-49(41(5)6)61(55)63(57)65(51)69)52-34-36-58(64-62-50(42(7)8)22-16-24-56(62)70(60)66(52)64)68(46-19-13-10-14-20-46)48-31-27-44(28-32-48)40(3)4/h9-42H,1-8H3. The van der Waals surface area contributed by atoms with Gasteiger partial charge >= 0.3 is 0 Å². The third-order valence-corrected chi connectivity index (χ3v) is 15.5. The number of anilines is 6. The van der Waals surface area contributed by atoms with Crippen LogP contribution in [0, 0.1) is 0 Å². The molecule has 4 nitrogen and oxygen atoms in total. The van der Waals surface area contributed by atoms with E-state index in [0.29, 0.717) is 23.7 Å². The molecule has 70 heavy (non-hydrogen) atoms. The fourth-order valence-electron chi connectivity index (χ4n) is 12.1. The first-order valence-corrected chi connectivity index (χ1v) is 25.4. The minimum absolute atomic E-state index is 0.332. The van der Waals surface area contributed by atoms with Gasteiger partial charge in [0.2, 0.25) is 0 Å². The Balaban J connectivity index is 1.14. The van der Waals surface area contributed by atoms with Crippen molar-refractivity contribution in [2.24, 2.45) is 0 Å². The molecule has 0 radical (unpaired) electrons. The second-order valence-corrected chi connectivity index (χ2v) is 20.9. The number of hydrogen-bond donors (Lipinski definition) is 0. The monoisotopic (exact) mass is 906 g/mol. The van der Waals surface area contributed by atoms with E-state index in [4.69, 9.17) is 0 Å². The van der Waals surface area contributed by atoms with Crippen LogP contribution in [-0.2, 0) is 0 Å². The first kappa shape index (κ1) is 42.3. The van der Waals surface area contributed by atoms with E-state index in [1.807, 2.05) is 0 Å². The summed E-state index contributed by atoms with van der Waals surface area (Å²) < 4.78 is 5.20. The molecule has 342 valence electrons. The van der Waals surface area contributed by atoms with Gasteiger partial charge in [0.25, 0.3) is 0 Å². The van der Waals surface area contributed by atoms with Gasteiger partial charge in [-0.05, 0) is 131 Å². The highest BCUT2D eigenvalue weighted by molar-refractivity contribution is 6.32. The molecule has 0 saturated heterocycles. The van der Waals surface area contributed by atoms with Gasteiger partial charge in [0.05, 0.1) is 44.5 Å². The Kier molecular flexibility index (Phi) is 9.59. The van der Waals surface area contributed by atoms with Crippen LogP contribution in [0.5, 0.6) is 0 Å². The van der Waals surface area contributed by atoms with Gasteiger partial charge in [-0.3, -0.25) is 0 Å². The Labute approximate surface area is 410 Å². The topological polar surface area (TPSA) is 15.3 Å².